The number of carbonyl (C=O) groups is 1. The van der Waals surface area contributed by atoms with E-state index in [4.69, 9.17) is 4.74 Å². The van der Waals surface area contributed by atoms with Crippen molar-refractivity contribution in [1.82, 2.24) is 20.3 Å². The van der Waals surface area contributed by atoms with Crippen molar-refractivity contribution in [3.8, 4) is 0 Å². The average molecular weight is 336 g/mol. The second kappa shape index (κ2) is 7.03. The maximum atomic E-state index is 12.3. The Bertz CT molecular complexity index is 867. The van der Waals surface area contributed by atoms with Gasteiger partial charge >= 0.3 is 0 Å². The molecule has 1 aliphatic heterocycles. The molecule has 2 heterocycles. The molecule has 0 bridgehead atoms. The van der Waals surface area contributed by atoms with Gasteiger partial charge in [-0.05, 0) is 42.7 Å². The zero-order valence-electron chi connectivity index (χ0n) is 13.9. The largest absolute Gasteiger partial charge is 0.381 e. The first-order valence-corrected chi connectivity index (χ1v) is 8.55. The Kier molecular flexibility index (Phi) is 4.43. The molecular formula is C19H20N4O2. The van der Waals surface area contributed by atoms with Crippen LogP contribution in [0.25, 0.3) is 11.0 Å². The number of amides is 1. The van der Waals surface area contributed by atoms with E-state index in [2.05, 4.69) is 15.6 Å². The van der Waals surface area contributed by atoms with Gasteiger partial charge in [-0.1, -0.05) is 29.5 Å². The summed E-state index contributed by atoms with van der Waals surface area (Å²) in [6.07, 6.45) is 1.76. The number of para-hydroxylation sites is 1. The van der Waals surface area contributed by atoms with Gasteiger partial charge in [0, 0.05) is 24.8 Å². The average Bonchev–Trinajstić information content (AvgIpc) is 3.06. The number of aromatic nitrogens is 3. The summed E-state index contributed by atoms with van der Waals surface area (Å²) in [4.78, 5) is 12.3. The van der Waals surface area contributed by atoms with E-state index in [1.807, 2.05) is 53.2 Å². The highest BCUT2D eigenvalue weighted by Gasteiger charge is 2.17. The van der Waals surface area contributed by atoms with Crippen LogP contribution in [-0.4, -0.2) is 40.2 Å². The van der Waals surface area contributed by atoms with Crippen LogP contribution in [0.1, 0.15) is 28.8 Å². The number of nitrogens with zero attached hydrogens (tertiary/aromatic N) is 3. The maximum absolute atomic E-state index is 12.3. The van der Waals surface area contributed by atoms with Gasteiger partial charge in [0.2, 0.25) is 0 Å². The van der Waals surface area contributed by atoms with E-state index in [0.717, 1.165) is 42.7 Å². The van der Waals surface area contributed by atoms with Gasteiger partial charge in [0.25, 0.3) is 5.91 Å². The monoisotopic (exact) mass is 336 g/mol. The number of hydrogen-bond donors (Lipinski definition) is 1. The van der Waals surface area contributed by atoms with E-state index in [-0.39, 0.29) is 11.9 Å². The van der Waals surface area contributed by atoms with Crippen LogP contribution >= 0.6 is 0 Å². The van der Waals surface area contributed by atoms with Crippen LogP contribution in [-0.2, 0) is 11.3 Å². The zero-order valence-corrected chi connectivity index (χ0v) is 13.9. The third-order valence-corrected chi connectivity index (χ3v) is 4.53. The van der Waals surface area contributed by atoms with Gasteiger partial charge < -0.3 is 10.1 Å². The quantitative estimate of drug-likeness (QED) is 0.794. The normalized spacial score (nSPS) is 15.4. The van der Waals surface area contributed by atoms with Gasteiger partial charge in [0.15, 0.2) is 0 Å². The zero-order chi connectivity index (χ0) is 17.1. The molecular weight excluding hydrogens is 316 g/mol. The van der Waals surface area contributed by atoms with Crippen LogP contribution in [0.2, 0.25) is 0 Å². The standard InChI is InChI=1S/C19H20N4O2/c24-19(20-16-9-11-25-12-10-16)15-7-5-14(6-8-15)13-23-18-4-2-1-3-17(18)21-22-23/h1-8,16H,9-13H2,(H,20,24). The molecule has 1 saturated heterocycles. The molecule has 0 spiro atoms. The third kappa shape index (κ3) is 3.53. The van der Waals surface area contributed by atoms with Gasteiger partial charge in [-0.15, -0.1) is 5.10 Å². The molecule has 0 atom stereocenters. The molecule has 1 N–H and O–H groups in total. The van der Waals surface area contributed by atoms with Gasteiger partial charge in [0.1, 0.15) is 5.52 Å². The molecule has 6 nitrogen and oxygen atoms in total. The second-order valence-corrected chi connectivity index (χ2v) is 6.29. The molecule has 25 heavy (non-hydrogen) atoms. The number of nitrogens with one attached hydrogen (secondary N) is 1. The van der Waals surface area contributed by atoms with E-state index in [0.29, 0.717) is 12.1 Å². The number of ether oxygens (including phenoxy) is 1. The van der Waals surface area contributed by atoms with Gasteiger partial charge in [-0.3, -0.25) is 4.79 Å². The van der Waals surface area contributed by atoms with Crippen LogP contribution in [0.5, 0.6) is 0 Å². The minimum atomic E-state index is -0.0235. The fourth-order valence-corrected chi connectivity index (χ4v) is 3.08. The lowest BCUT2D eigenvalue weighted by Crippen LogP contribution is -2.38. The Morgan fingerprint density at radius 1 is 1.12 bits per heavy atom. The van der Waals surface area contributed by atoms with Crippen LogP contribution in [0.3, 0.4) is 0 Å². The van der Waals surface area contributed by atoms with Crippen molar-refractivity contribution in [3.05, 3.63) is 59.7 Å². The summed E-state index contributed by atoms with van der Waals surface area (Å²) in [5.74, 6) is -0.0235. The molecule has 0 radical (unpaired) electrons. The Labute approximate surface area is 145 Å². The number of fused-ring (bicyclic) bond motifs is 1. The molecule has 4 rings (SSSR count). The van der Waals surface area contributed by atoms with Crippen LogP contribution < -0.4 is 5.32 Å². The van der Waals surface area contributed by atoms with Crippen LogP contribution in [0.15, 0.2) is 48.5 Å². The molecule has 0 aliphatic carbocycles. The number of benzene rings is 2. The smallest absolute Gasteiger partial charge is 0.251 e. The molecule has 128 valence electrons. The molecule has 0 unspecified atom stereocenters. The highest BCUT2D eigenvalue weighted by atomic mass is 16.5. The predicted molar refractivity (Wildman–Crippen MR) is 94.4 cm³/mol. The lowest BCUT2D eigenvalue weighted by molar-refractivity contribution is 0.0696. The van der Waals surface area contributed by atoms with Crippen molar-refractivity contribution >= 4 is 16.9 Å². The fourth-order valence-electron chi connectivity index (χ4n) is 3.08. The summed E-state index contributed by atoms with van der Waals surface area (Å²) in [6.45, 7) is 2.06. The molecule has 1 fully saturated rings. The van der Waals surface area contributed by atoms with E-state index in [1.165, 1.54) is 0 Å². The lowest BCUT2D eigenvalue weighted by Gasteiger charge is -2.23. The van der Waals surface area contributed by atoms with Crippen molar-refractivity contribution in [2.24, 2.45) is 0 Å². The Morgan fingerprint density at radius 3 is 2.68 bits per heavy atom. The van der Waals surface area contributed by atoms with Crippen LogP contribution in [0, 0.1) is 0 Å². The summed E-state index contributed by atoms with van der Waals surface area (Å²) in [5.41, 5.74) is 3.65. The third-order valence-electron chi connectivity index (χ3n) is 4.53. The SMILES string of the molecule is O=C(NC1CCOCC1)c1ccc(Cn2nnc3ccccc32)cc1. The van der Waals surface area contributed by atoms with Gasteiger partial charge in [0.05, 0.1) is 12.1 Å². The second-order valence-electron chi connectivity index (χ2n) is 6.29. The first-order valence-electron chi connectivity index (χ1n) is 8.55. The Hall–Kier alpha value is -2.73. The molecule has 3 aromatic rings. The number of carbonyl (C=O) groups excluding carboxylic acids is 1. The maximum Gasteiger partial charge on any atom is 0.251 e. The van der Waals surface area contributed by atoms with Crippen molar-refractivity contribution in [1.29, 1.82) is 0 Å². The molecule has 1 aliphatic rings. The van der Waals surface area contributed by atoms with E-state index < -0.39 is 0 Å². The van der Waals surface area contributed by atoms with Gasteiger partial charge in [-0.2, -0.15) is 0 Å². The number of rotatable bonds is 4. The minimum Gasteiger partial charge on any atom is -0.381 e. The fraction of sp³-hybridized carbons (Fsp3) is 0.316. The van der Waals surface area contributed by atoms with Crippen molar-refractivity contribution in [2.75, 3.05) is 13.2 Å². The summed E-state index contributed by atoms with van der Waals surface area (Å²) in [7, 11) is 0. The highest BCUT2D eigenvalue weighted by molar-refractivity contribution is 5.94. The lowest BCUT2D eigenvalue weighted by atomic mass is 10.1. The molecule has 1 aromatic heterocycles. The van der Waals surface area contributed by atoms with Crippen LogP contribution in [0.4, 0.5) is 0 Å². The van der Waals surface area contributed by atoms with E-state index >= 15 is 0 Å². The number of hydrogen-bond acceptors (Lipinski definition) is 4. The highest BCUT2D eigenvalue weighted by Crippen LogP contribution is 2.13. The summed E-state index contributed by atoms with van der Waals surface area (Å²) < 4.78 is 7.19. The summed E-state index contributed by atoms with van der Waals surface area (Å²) >= 11 is 0. The minimum absolute atomic E-state index is 0.0235. The van der Waals surface area contributed by atoms with Crippen molar-refractivity contribution in [2.45, 2.75) is 25.4 Å². The topological polar surface area (TPSA) is 69.0 Å². The summed E-state index contributed by atoms with van der Waals surface area (Å²) in [5, 5.41) is 11.4. The molecule has 2 aromatic carbocycles. The Morgan fingerprint density at radius 2 is 1.88 bits per heavy atom. The van der Waals surface area contributed by atoms with E-state index in [9.17, 15) is 4.79 Å². The summed E-state index contributed by atoms with van der Waals surface area (Å²) in [6, 6.07) is 15.8. The Balaban J connectivity index is 1.43. The first-order chi connectivity index (χ1) is 12.3. The van der Waals surface area contributed by atoms with Crippen molar-refractivity contribution < 1.29 is 9.53 Å². The van der Waals surface area contributed by atoms with E-state index in [1.54, 1.807) is 0 Å². The van der Waals surface area contributed by atoms with Crippen molar-refractivity contribution in [3.63, 3.8) is 0 Å². The van der Waals surface area contributed by atoms with Gasteiger partial charge in [-0.25, -0.2) is 4.68 Å². The first kappa shape index (κ1) is 15.8. The predicted octanol–water partition coefficient (Wildman–Crippen LogP) is 2.39. The molecule has 6 heteroatoms. The molecule has 1 amide bonds. The molecule has 0 saturated carbocycles.